The van der Waals surface area contributed by atoms with Gasteiger partial charge in [-0.15, -0.1) is 0 Å². The molecule has 2 aromatic rings. The summed E-state index contributed by atoms with van der Waals surface area (Å²) >= 11 is 0. The summed E-state index contributed by atoms with van der Waals surface area (Å²) in [6.45, 7) is 4.42. The number of para-hydroxylation sites is 2. The molecule has 0 amide bonds. The van der Waals surface area contributed by atoms with Crippen LogP contribution < -0.4 is 13.8 Å². The minimum atomic E-state index is -3.70. The highest BCUT2D eigenvalue weighted by Crippen LogP contribution is 2.36. The average Bonchev–Trinajstić information content (AvgIpc) is 2.55. The van der Waals surface area contributed by atoms with Crippen molar-refractivity contribution in [1.29, 1.82) is 0 Å². The summed E-state index contributed by atoms with van der Waals surface area (Å²) in [5.74, 6) is 0.968. The Balaban J connectivity index is 1.99. The van der Waals surface area contributed by atoms with Crippen molar-refractivity contribution in [3.63, 3.8) is 0 Å². The van der Waals surface area contributed by atoms with E-state index in [1.54, 1.807) is 24.3 Å². The largest absolute Gasteiger partial charge is 0.487 e. The first-order chi connectivity index (χ1) is 11.0. The molecule has 3 rings (SSSR count). The second-order valence-electron chi connectivity index (χ2n) is 5.20. The molecule has 0 spiro atoms. The lowest BCUT2D eigenvalue weighted by molar-refractivity contribution is 0.219. The lowest BCUT2D eigenvalue weighted by Gasteiger charge is -2.33. The van der Waals surface area contributed by atoms with Crippen LogP contribution in [0.4, 0.5) is 5.69 Å². The van der Waals surface area contributed by atoms with Crippen molar-refractivity contribution in [1.82, 2.24) is 4.98 Å². The first-order valence-corrected chi connectivity index (χ1v) is 8.83. The summed E-state index contributed by atoms with van der Waals surface area (Å²) in [4.78, 5) is 4.17. The molecule has 1 aliphatic rings. The molecule has 7 heteroatoms. The molecule has 0 saturated carbocycles. The van der Waals surface area contributed by atoms with Crippen molar-refractivity contribution in [3.8, 4) is 11.6 Å². The molecule has 1 aromatic heterocycles. The molecular weight excluding hydrogens is 316 g/mol. The fourth-order valence-electron chi connectivity index (χ4n) is 2.46. The van der Waals surface area contributed by atoms with E-state index in [1.165, 1.54) is 16.6 Å². The number of ether oxygens (including phenoxy) is 2. The molecule has 0 fully saturated rings. The summed E-state index contributed by atoms with van der Waals surface area (Å²) in [7, 11) is -3.70. The number of rotatable bonds is 4. The van der Waals surface area contributed by atoms with Crippen LogP contribution in [0.1, 0.15) is 13.8 Å². The zero-order chi connectivity index (χ0) is 16.4. The predicted octanol–water partition coefficient (Wildman–Crippen LogP) is 2.46. The van der Waals surface area contributed by atoms with Gasteiger partial charge in [-0.25, -0.2) is 13.4 Å². The maximum absolute atomic E-state index is 13.0. The van der Waals surface area contributed by atoms with E-state index in [1.807, 2.05) is 19.9 Å². The standard InChI is InChI=1S/C16H18N2O4S/c1-3-21-16-9-8-13(10-17-16)23(19,20)18-11-12(2)22-15-7-5-4-6-14(15)18/h4-10,12H,3,11H2,1-2H3. The van der Waals surface area contributed by atoms with E-state index in [9.17, 15) is 8.42 Å². The third kappa shape index (κ3) is 2.96. The normalized spacial score (nSPS) is 17.3. The minimum absolute atomic E-state index is 0.129. The molecule has 0 aliphatic carbocycles. The number of nitrogens with zero attached hydrogens (tertiary/aromatic N) is 2. The topological polar surface area (TPSA) is 68.7 Å². The molecule has 1 aromatic carbocycles. The van der Waals surface area contributed by atoms with Crippen LogP contribution in [0.2, 0.25) is 0 Å². The summed E-state index contributed by atoms with van der Waals surface area (Å²) < 4.78 is 38.2. The SMILES string of the molecule is CCOc1ccc(S(=O)(=O)N2CC(C)Oc3ccccc32)cn1. The van der Waals surface area contributed by atoms with E-state index < -0.39 is 10.0 Å². The van der Waals surface area contributed by atoms with Gasteiger partial charge in [-0.05, 0) is 32.0 Å². The predicted molar refractivity (Wildman–Crippen MR) is 86.5 cm³/mol. The van der Waals surface area contributed by atoms with Gasteiger partial charge in [-0.1, -0.05) is 12.1 Å². The van der Waals surface area contributed by atoms with Gasteiger partial charge in [0.15, 0.2) is 0 Å². The zero-order valence-corrected chi connectivity index (χ0v) is 13.8. The van der Waals surface area contributed by atoms with Crippen LogP contribution in [0.15, 0.2) is 47.5 Å². The number of benzene rings is 1. The van der Waals surface area contributed by atoms with Crippen molar-refractivity contribution in [2.75, 3.05) is 17.5 Å². The van der Waals surface area contributed by atoms with E-state index in [0.717, 1.165) is 0 Å². The smallest absolute Gasteiger partial charge is 0.266 e. The van der Waals surface area contributed by atoms with Crippen LogP contribution in [0.3, 0.4) is 0 Å². The van der Waals surface area contributed by atoms with Crippen LogP contribution in [0.25, 0.3) is 0 Å². The number of hydrogen-bond acceptors (Lipinski definition) is 5. The lowest BCUT2D eigenvalue weighted by atomic mass is 10.2. The molecule has 122 valence electrons. The van der Waals surface area contributed by atoms with Gasteiger partial charge in [-0.3, -0.25) is 4.31 Å². The number of aromatic nitrogens is 1. The van der Waals surface area contributed by atoms with E-state index in [0.29, 0.717) is 23.9 Å². The van der Waals surface area contributed by atoms with Gasteiger partial charge in [0, 0.05) is 6.07 Å². The number of pyridine rings is 1. The summed E-state index contributed by atoms with van der Waals surface area (Å²) in [6.07, 6.45) is 1.10. The van der Waals surface area contributed by atoms with Gasteiger partial charge >= 0.3 is 0 Å². The highest BCUT2D eigenvalue weighted by atomic mass is 32.2. The molecule has 2 heterocycles. The van der Waals surface area contributed by atoms with Gasteiger partial charge in [-0.2, -0.15) is 0 Å². The van der Waals surface area contributed by atoms with E-state index >= 15 is 0 Å². The Hall–Kier alpha value is -2.28. The zero-order valence-electron chi connectivity index (χ0n) is 13.0. The van der Waals surface area contributed by atoms with Crippen LogP contribution in [-0.4, -0.2) is 32.7 Å². The Morgan fingerprint density at radius 1 is 1.30 bits per heavy atom. The van der Waals surface area contributed by atoms with E-state index in [2.05, 4.69) is 4.98 Å². The second kappa shape index (κ2) is 6.08. The fourth-order valence-corrected chi connectivity index (χ4v) is 3.95. The Kier molecular flexibility index (Phi) is 4.12. The van der Waals surface area contributed by atoms with Crippen molar-refractivity contribution < 1.29 is 17.9 Å². The van der Waals surface area contributed by atoms with Crippen LogP contribution >= 0.6 is 0 Å². The van der Waals surface area contributed by atoms with Gasteiger partial charge < -0.3 is 9.47 Å². The maximum Gasteiger partial charge on any atom is 0.266 e. The number of anilines is 1. The van der Waals surface area contributed by atoms with Crippen LogP contribution in [0.5, 0.6) is 11.6 Å². The Morgan fingerprint density at radius 3 is 2.78 bits per heavy atom. The molecule has 0 N–H and O–H groups in total. The first-order valence-electron chi connectivity index (χ1n) is 7.39. The van der Waals surface area contributed by atoms with E-state index in [-0.39, 0.29) is 17.5 Å². The lowest BCUT2D eigenvalue weighted by Crippen LogP contribution is -2.42. The molecule has 0 saturated heterocycles. The summed E-state index contributed by atoms with van der Waals surface area (Å²) in [5, 5.41) is 0. The Bertz CT molecular complexity index is 790. The molecule has 1 unspecified atom stereocenters. The first kappa shape index (κ1) is 15.6. The monoisotopic (exact) mass is 334 g/mol. The Labute approximate surface area is 135 Å². The summed E-state index contributed by atoms with van der Waals surface area (Å²) in [5.41, 5.74) is 0.541. The minimum Gasteiger partial charge on any atom is -0.487 e. The summed E-state index contributed by atoms with van der Waals surface area (Å²) in [6, 6.07) is 10.2. The molecule has 1 atom stereocenters. The second-order valence-corrected chi connectivity index (χ2v) is 7.06. The average molecular weight is 334 g/mol. The molecular formula is C16H18N2O4S. The van der Waals surface area contributed by atoms with Crippen molar-refractivity contribution >= 4 is 15.7 Å². The number of hydrogen-bond donors (Lipinski definition) is 0. The van der Waals surface area contributed by atoms with Crippen LogP contribution in [0, 0.1) is 0 Å². The molecule has 23 heavy (non-hydrogen) atoms. The van der Waals surface area contributed by atoms with Crippen molar-refractivity contribution in [2.24, 2.45) is 0 Å². The van der Waals surface area contributed by atoms with Crippen LogP contribution in [-0.2, 0) is 10.0 Å². The molecule has 0 radical (unpaired) electrons. The molecule has 6 nitrogen and oxygen atoms in total. The third-order valence-corrected chi connectivity index (χ3v) is 5.24. The van der Waals surface area contributed by atoms with Gasteiger partial charge in [0.05, 0.1) is 25.0 Å². The Morgan fingerprint density at radius 2 is 2.09 bits per heavy atom. The molecule has 0 bridgehead atoms. The van der Waals surface area contributed by atoms with Crippen molar-refractivity contribution in [2.45, 2.75) is 24.8 Å². The highest BCUT2D eigenvalue weighted by Gasteiger charge is 2.32. The van der Waals surface area contributed by atoms with Gasteiger partial charge in [0.25, 0.3) is 10.0 Å². The van der Waals surface area contributed by atoms with Gasteiger partial charge in [0.1, 0.15) is 16.7 Å². The van der Waals surface area contributed by atoms with Crippen molar-refractivity contribution in [3.05, 3.63) is 42.6 Å². The highest BCUT2D eigenvalue weighted by molar-refractivity contribution is 7.92. The third-order valence-electron chi connectivity index (χ3n) is 3.47. The maximum atomic E-state index is 13.0. The molecule has 1 aliphatic heterocycles. The fraction of sp³-hybridized carbons (Fsp3) is 0.312. The quantitative estimate of drug-likeness (QED) is 0.859. The number of fused-ring (bicyclic) bond motifs is 1. The van der Waals surface area contributed by atoms with Gasteiger partial charge in [0.2, 0.25) is 5.88 Å². The van der Waals surface area contributed by atoms with E-state index in [4.69, 9.17) is 9.47 Å². The number of sulfonamides is 1.